The van der Waals surface area contributed by atoms with Gasteiger partial charge in [0.1, 0.15) is 5.75 Å². The van der Waals surface area contributed by atoms with Crippen LogP contribution in [0.4, 0.5) is 0 Å². The van der Waals surface area contributed by atoms with E-state index in [1.165, 1.54) is 11.1 Å². The van der Waals surface area contributed by atoms with Gasteiger partial charge in [0.2, 0.25) is 0 Å². The third-order valence-corrected chi connectivity index (χ3v) is 3.97. The second-order valence-electron chi connectivity index (χ2n) is 5.04. The van der Waals surface area contributed by atoms with Gasteiger partial charge in [-0.15, -0.1) is 0 Å². The third kappa shape index (κ3) is 4.48. The van der Waals surface area contributed by atoms with Crippen LogP contribution in [0.5, 0.6) is 5.75 Å². The molecule has 2 nitrogen and oxygen atoms in total. The summed E-state index contributed by atoms with van der Waals surface area (Å²) in [5, 5.41) is 4.42. The van der Waals surface area contributed by atoms with Gasteiger partial charge < -0.3 is 10.1 Å². The highest BCUT2D eigenvalue weighted by Crippen LogP contribution is 2.24. The van der Waals surface area contributed by atoms with Crippen LogP contribution >= 0.6 is 11.6 Å². The molecule has 2 aromatic rings. The maximum Gasteiger partial charge on any atom is 0.119 e. The first kappa shape index (κ1) is 15.9. The van der Waals surface area contributed by atoms with E-state index in [0.717, 1.165) is 30.2 Å². The zero-order chi connectivity index (χ0) is 15.1. The summed E-state index contributed by atoms with van der Waals surface area (Å²) in [7, 11) is 1.70. The molecule has 0 saturated heterocycles. The van der Waals surface area contributed by atoms with Crippen molar-refractivity contribution < 1.29 is 4.74 Å². The number of halogens is 1. The van der Waals surface area contributed by atoms with Crippen LogP contribution in [0.15, 0.2) is 48.5 Å². The van der Waals surface area contributed by atoms with E-state index in [9.17, 15) is 0 Å². The maximum atomic E-state index is 6.28. The Morgan fingerprint density at radius 3 is 2.67 bits per heavy atom. The Morgan fingerprint density at radius 2 is 1.95 bits per heavy atom. The van der Waals surface area contributed by atoms with E-state index in [2.05, 4.69) is 30.4 Å². The predicted octanol–water partition coefficient (Wildman–Crippen LogP) is 4.63. The first-order valence-corrected chi connectivity index (χ1v) is 7.73. The van der Waals surface area contributed by atoms with Gasteiger partial charge in [-0.1, -0.05) is 48.9 Å². The van der Waals surface area contributed by atoms with Crippen molar-refractivity contribution in [3.8, 4) is 5.75 Å². The van der Waals surface area contributed by atoms with Crippen LogP contribution < -0.4 is 10.1 Å². The number of rotatable bonds is 7. The minimum atomic E-state index is 0.296. The van der Waals surface area contributed by atoms with E-state index in [1.54, 1.807) is 7.11 Å². The van der Waals surface area contributed by atoms with Crippen molar-refractivity contribution in [2.45, 2.75) is 25.8 Å². The highest BCUT2D eigenvalue weighted by Gasteiger charge is 2.11. The summed E-state index contributed by atoms with van der Waals surface area (Å²) in [5.41, 5.74) is 2.45. The van der Waals surface area contributed by atoms with Crippen molar-refractivity contribution in [1.29, 1.82) is 0 Å². The van der Waals surface area contributed by atoms with Gasteiger partial charge in [-0.25, -0.2) is 0 Å². The van der Waals surface area contributed by atoms with E-state index < -0.39 is 0 Å². The van der Waals surface area contributed by atoms with E-state index in [0.29, 0.717) is 6.04 Å². The summed E-state index contributed by atoms with van der Waals surface area (Å²) >= 11 is 6.28. The van der Waals surface area contributed by atoms with Crippen LogP contribution in [-0.2, 0) is 6.42 Å². The van der Waals surface area contributed by atoms with Crippen LogP contribution in [0.3, 0.4) is 0 Å². The Bertz CT molecular complexity index is 571. The minimum Gasteiger partial charge on any atom is -0.497 e. The Balaban J connectivity index is 1.93. The largest absolute Gasteiger partial charge is 0.497 e. The van der Waals surface area contributed by atoms with Gasteiger partial charge in [0.15, 0.2) is 0 Å². The fourth-order valence-corrected chi connectivity index (χ4v) is 2.72. The Labute approximate surface area is 132 Å². The first-order valence-electron chi connectivity index (χ1n) is 7.35. The average Bonchev–Trinajstić information content (AvgIpc) is 2.53. The molecule has 1 atom stereocenters. The van der Waals surface area contributed by atoms with Crippen LogP contribution in [0, 0.1) is 0 Å². The normalized spacial score (nSPS) is 12.1. The lowest BCUT2D eigenvalue weighted by molar-refractivity contribution is 0.414. The van der Waals surface area contributed by atoms with Crippen molar-refractivity contribution in [3.05, 3.63) is 64.7 Å². The molecule has 0 aliphatic rings. The molecule has 0 heterocycles. The summed E-state index contributed by atoms with van der Waals surface area (Å²) in [6, 6.07) is 16.5. The van der Waals surface area contributed by atoms with Gasteiger partial charge in [-0.3, -0.25) is 0 Å². The summed E-state index contributed by atoms with van der Waals surface area (Å²) in [5.74, 6) is 0.908. The Hall–Kier alpha value is -1.51. The van der Waals surface area contributed by atoms with E-state index >= 15 is 0 Å². The first-order chi connectivity index (χ1) is 10.2. The third-order valence-electron chi connectivity index (χ3n) is 3.63. The number of hydrogen-bond acceptors (Lipinski definition) is 2. The average molecular weight is 304 g/mol. The molecule has 0 amide bonds. The number of nitrogens with one attached hydrogen (secondary N) is 1. The zero-order valence-corrected chi connectivity index (χ0v) is 13.4. The highest BCUT2D eigenvalue weighted by atomic mass is 35.5. The minimum absolute atomic E-state index is 0.296. The monoisotopic (exact) mass is 303 g/mol. The maximum absolute atomic E-state index is 6.28. The smallest absolute Gasteiger partial charge is 0.119 e. The van der Waals surface area contributed by atoms with Crippen molar-refractivity contribution in [3.63, 3.8) is 0 Å². The molecule has 1 N–H and O–H groups in total. The summed E-state index contributed by atoms with van der Waals surface area (Å²) in [6.45, 7) is 3.09. The highest BCUT2D eigenvalue weighted by molar-refractivity contribution is 6.31. The topological polar surface area (TPSA) is 21.3 Å². The number of ether oxygens (including phenoxy) is 1. The lowest BCUT2D eigenvalue weighted by Gasteiger charge is -2.18. The number of benzene rings is 2. The van der Waals surface area contributed by atoms with Crippen molar-refractivity contribution >= 4 is 11.6 Å². The summed E-state index contributed by atoms with van der Waals surface area (Å²) in [4.78, 5) is 0. The summed E-state index contributed by atoms with van der Waals surface area (Å²) < 4.78 is 5.25. The van der Waals surface area contributed by atoms with Crippen LogP contribution in [0.1, 0.15) is 30.5 Å². The molecule has 112 valence electrons. The van der Waals surface area contributed by atoms with E-state index in [4.69, 9.17) is 16.3 Å². The van der Waals surface area contributed by atoms with Gasteiger partial charge in [0.05, 0.1) is 7.11 Å². The fourth-order valence-electron chi connectivity index (χ4n) is 2.45. The Morgan fingerprint density at radius 1 is 1.14 bits per heavy atom. The van der Waals surface area contributed by atoms with Crippen LogP contribution in [0.25, 0.3) is 0 Å². The fraction of sp³-hybridized carbons (Fsp3) is 0.333. The number of methoxy groups -OCH3 is 1. The van der Waals surface area contributed by atoms with Gasteiger partial charge in [0, 0.05) is 11.1 Å². The molecule has 2 aromatic carbocycles. The molecule has 0 aromatic heterocycles. The van der Waals surface area contributed by atoms with Gasteiger partial charge in [0.25, 0.3) is 0 Å². The lowest BCUT2D eigenvalue weighted by Crippen LogP contribution is -2.23. The van der Waals surface area contributed by atoms with Gasteiger partial charge >= 0.3 is 0 Å². The SMILES string of the molecule is CCC(NCCc1cccc(OC)c1)c1ccccc1Cl. The molecule has 2 rings (SSSR count). The molecule has 0 aliphatic heterocycles. The van der Waals surface area contributed by atoms with Crippen molar-refractivity contribution in [1.82, 2.24) is 5.32 Å². The molecular formula is C18H22ClNO. The molecule has 3 heteroatoms. The zero-order valence-electron chi connectivity index (χ0n) is 12.6. The predicted molar refractivity (Wildman–Crippen MR) is 89.2 cm³/mol. The van der Waals surface area contributed by atoms with Gasteiger partial charge in [-0.05, 0) is 48.7 Å². The standard InChI is InChI=1S/C18H22ClNO/c1-3-18(16-9-4-5-10-17(16)19)20-12-11-14-7-6-8-15(13-14)21-2/h4-10,13,18,20H,3,11-12H2,1-2H3. The molecule has 0 radical (unpaired) electrons. The molecular weight excluding hydrogens is 282 g/mol. The number of hydrogen-bond donors (Lipinski definition) is 1. The second kappa shape index (κ2) is 8.06. The molecule has 21 heavy (non-hydrogen) atoms. The molecule has 0 bridgehead atoms. The van der Waals surface area contributed by atoms with Crippen molar-refractivity contribution in [2.24, 2.45) is 0 Å². The summed E-state index contributed by atoms with van der Waals surface area (Å²) in [6.07, 6.45) is 1.99. The van der Waals surface area contributed by atoms with Crippen LogP contribution in [-0.4, -0.2) is 13.7 Å². The van der Waals surface area contributed by atoms with E-state index in [-0.39, 0.29) is 0 Å². The van der Waals surface area contributed by atoms with Crippen molar-refractivity contribution in [2.75, 3.05) is 13.7 Å². The molecule has 0 aliphatic carbocycles. The van der Waals surface area contributed by atoms with Gasteiger partial charge in [-0.2, -0.15) is 0 Å². The molecule has 0 spiro atoms. The molecule has 0 saturated carbocycles. The molecule has 0 fully saturated rings. The molecule has 1 unspecified atom stereocenters. The lowest BCUT2D eigenvalue weighted by atomic mass is 10.0. The van der Waals surface area contributed by atoms with E-state index in [1.807, 2.05) is 30.3 Å². The Kier molecular flexibility index (Phi) is 6.09. The quantitative estimate of drug-likeness (QED) is 0.805. The second-order valence-corrected chi connectivity index (χ2v) is 5.45. The van der Waals surface area contributed by atoms with Crippen LogP contribution in [0.2, 0.25) is 5.02 Å².